The Morgan fingerprint density at radius 3 is 2.56 bits per heavy atom. The first kappa shape index (κ1) is 17.0. The van der Waals surface area contributed by atoms with Crippen molar-refractivity contribution in [3.8, 4) is 5.75 Å². The summed E-state index contributed by atoms with van der Waals surface area (Å²) >= 11 is 0. The van der Waals surface area contributed by atoms with Crippen LogP contribution in [0, 0.1) is 0 Å². The number of para-hydroxylation sites is 1. The maximum atomic E-state index is 12.9. The molecule has 0 radical (unpaired) electrons. The molecule has 0 aliphatic carbocycles. The van der Waals surface area contributed by atoms with Crippen LogP contribution in [0.2, 0.25) is 0 Å². The molecule has 0 spiro atoms. The van der Waals surface area contributed by atoms with Crippen molar-refractivity contribution in [2.24, 2.45) is 0 Å². The predicted octanol–water partition coefficient (Wildman–Crippen LogP) is 3.12. The maximum absolute atomic E-state index is 12.9. The summed E-state index contributed by atoms with van der Waals surface area (Å²) in [5, 5.41) is 8.93. The van der Waals surface area contributed by atoms with Crippen molar-refractivity contribution in [3.63, 3.8) is 0 Å². The van der Waals surface area contributed by atoms with Crippen molar-refractivity contribution < 1.29 is 19.4 Å². The van der Waals surface area contributed by atoms with Gasteiger partial charge in [-0.2, -0.15) is 0 Å². The predicted molar refractivity (Wildman–Crippen MR) is 93.5 cm³/mol. The lowest BCUT2D eigenvalue weighted by molar-refractivity contribution is 0.0690. The van der Waals surface area contributed by atoms with Gasteiger partial charge in [-0.25, -0.2) is 9.78 Å². The smallest absolute Gasteiger partial charge is 0.354 e. The van der Waals surface area contributed by atoms with Gasteiger partial charge < -0.3 is 14.7 Å². The van der Waals surface area contributed by atoms with Crippen molar-refractivity contribution in [1.29, 1.82) is 0 Å². The van der Waals surface area contributed by atoms with Crippen LogP contribution in [0.4, 0.5) is 5.69 Å². The van der Waals surface area contributed by atoms with E-state index in [0.717, 1.165) is 17.0 Å². The molecule has 6 heteroatoms. The number of benzene rings is 1. The van der Waals surface area contributed by atoms with E-state index < -0.39 is 5.97 Å². The average molecular weight is 340 g/mol. The van der Waals surface area contributed by atoms with Crippen molar-refractivity contribution in [2.45, 2.75) is 26.2 Å². The second-order valence-corrected chi connectivity index (χ2v) is 6.95. The largest absolute Gasteiger partial charge is 0.489 e. The summed E-state index contributed by atoms with van der Waals surface area (Å²) in [6.45, 7) is 7.14. The van der Waals surface area contributed by atoms with Gasteiger partial charge in [-0.05, 0) is 23.6 Å². The van der Waals surface area contributed by atoms with Gasteiger partial charge in [0, 0.05) is 11.8 Å². The molecule has 0 atom stereocenters. The SMILES string of the molecule is CC(C)(C)c1cccc2c1OCCN2C(=O)c1ccc(C(=O)O)nc1. The van der Waals surface area contributed by atoms with Gasteiger partial charge in [0.2, 0.25) is 0 Å². The molecule has 130 valence electrons. The number of hydrogen-bond acceptors (Lipinski definition) is 4. The van der Waals surface area contributed by atoms with Crippen molar-refractivity contribution >= 4 is 17.6 Å². The Bertz CT molecular complexity index is 822. The van der Waals surface area contributed by atoms with Crippen LogP contribution in [0.5, 0.6) is 5.75 Å². The van der Waals surface area contributed by atoms with E-state index in [9.17, 15) is 9.59 Å². The molecule has 3 rings (SSSR count). The van der Waals surface area contributed by atoms with E-state index in [4.69, 9.17) is 9.84 Å². The monoisotopic (exact) mass is 340 g/mol. The Hall–Kier alpha value is -2.89. The van der Waals surface area contributed by atoms with Gasteiger partial charge in [0.1, 0.15) is 18.1 Å². The number of carbonyl (C=O) groups is 2. The summed E-state index contributed by atoms with van der Waals surface area (Å²) in [4.78, 5) is 29.3. The highest BCUT2D eigenvalue weighted by atomic mass is 16.5. The number of carboxylic acid groups (broad SMARTS) is 1. The van der Waals surface area contributed by atoms with E-state index in [2.05, 4.69) is 25.8 Å². The number of fused-ring (bicyclic) bond motifs is 1. The highest BCUT2D eigenvalue weighted by molar-refractivity contribution is 6.07. The van der Waals surface area contributed by atoms with Crippen LogP contribution in [-0.4, -0.2) is 35.1 Å². The Kier molecular flexibility index (Phi) is 4.20. The zero-order valence-electron chi connectivity index (χ0n) is 14.4. The molecule has 0 saturated carbocycles. The molecule has 1 aromatic heterocycles. The quantitative estimate of drug-likeness (QED) is 0.908. The lowest BCUT2D eigenvalue weighted by Gasteiger charge is -2.33. The Morgan fingerprint density at radius 2 is 1.96 bits per heavy atom. The first-order valence-corrected chi connectivity index (χ1v) is 8.06. The minimum absolute atomic E-state index is 0.0889. The summed E-state index contributed by atoms with van der Waals surface area (Å²) < 4.78 is 5.86. The van der Waals surface area contributed by atoms with Gasteiger partial charge in [0.25, 0.3) is 5.91 Å². The Labute approximate surface area is 146 Å². The Morgan fingerprint density at radius 1 is 1.20 bits per heavy atom. The lowest BCUT2D eigenvalue weighted by atomic mass is 9.85. The first-order chi connectivity index (χ1) is 11.8. The van der Waals surface area contributed by atoms with E-state index in [1.807, 2.05) is 18.2 Å². The normalized spacial score (nSPS) is 13.8. The molecule has 2 aromatic rings. The van der Waals surface area contributed by atoms with Gasteiger partial charge >= 0.3 is 5.97 Å². The molecule has 0 bridgehead atoms. The van der Waals surface area contributed by atoms with Crippen LogP contribution in [0.25, 0.3) is 0 Å². The molecule has 2 heterocycles. The maximum Gasteiger partial charge on any atom is 0.354 e. The van der Waals surface area contributed by atoms with E-state index in [1.165, 1.54) is 18.3 Å². The van der Waals surface area contributed by atoms with Gasteiger partial charge in [0.15, 0.2) is 0 Å². The molecule has 1 aliphatic heterocycles. The van der Waals surface area contributed by atoms with Crippen LogP contribution in [0.15, 0.2) is 36.5 Å². The molecule has 1 aromatic carbocycles. The number of nitrogens with zero attached hydrogens (tertiary/aromatic N) is 2. The van der Waals surface area contributed by atoms with Crippen LogP contribution >= 0.6 is 0 Å². The molecule has 0 fully saturated rings. The standard InChI is InChI=1S/C19H20N2O4/c1-19(2,3)13-5-4-6-15-16(13)25-10-9-21(15)17(22)12-7-8-14(18(23)24)20-11-12/h4-8,11H,9-10H2,1-3H3,(H,23,24). The molecule has 1 N–H and O–H groups in total. The number of anilines is 1. The third-order valence-electron chi connectivity index (χ3n) is 4.13. The second kappa shape index (κ2) is 6.20. The average Bonchev–Trinajstić information content (AvgIpc) is 2.59. The van der Waals surface area contributed by atoms with E-state index in [1.54, 1.807) is 4.90 Å². The van der Waals surface area contributed by atoms with Crippen LogP contribution in [0.1, 0.15) is 47.2 Å². The van der Waals surface area contributed by atoms with Gasteiger partial charge in [0.05, 0.1) is 17.8 Å². The molecule has 0 saturated heterocycles. The highest BCUT2D eigenvalue weighted by Crippen LogP contribution is 2.41. The Balaban J connectivity index is 1.98. The fourth-order valence-electron chi connectivity index (χ4n) is 2.85. The minimum Gasteiger partial charge on any atom is -0.489 e. The summed E-state index contributed by atoms with van der Waals surface area (Å²) in [6.07, 6.45) is 1.30. The van der Waals surface area contributed by atoms with Crippen molar-refractivity contribution in [3.05, 3.63) is 53.3 Å². The number of pyridine rings is 1. The second-order valence-electron chi connectivity index (χ2n) is 6.95. The number of amides is 1. The number of carbonyl (C=O) groups excluding carboxylic acids is 1. The van der Waals surface area contributed by atoms with Crippen LogP contribution in [-0.2, 0) is 5.41 Å². The van der Waals surface area contributed by atoms with Crippen molar-refractivity contribution in [2.75, 3.05) is 18.1 Å². The minimum atomic E-state index is -1.12. The van der Waals surface area contributed by atoms with Gasteiger partial charge in [-0.1, -0.05) is 32.9 Å². The zero-order chi connectivity index (χ0) is 18.2. The molecule has 1 aliphatic rings. The summed E-state index contributed by atoms with van der Waals surface area (Å²) in [7, 11) is 0. The van der Waals surface area contributed by atoms with Crippen LogP contribution in [0.3, 0.4) is 0 Å². The summed E-state index contributed by atoms with van der Waals surface area (Å²) in [6, 6.07) is 8.61. The fraction of sp³-hybridized carbons (Fsp3) is 0.316. The number of hydrogen-bond donors (Lipinski definition) is 1. The number of aromatic nitrogens is 1. The summed E-state index contributed by atoms with van der Waals surface area (Å²) in [5.74, 6) is -0.615. The van der Waals surface area contributed by atoms with Crippen LogP contribution < -0.4 is 9.64 Å². The topological polar surface area (TPSA) is 79.7 Å². The highest BCUT2D eigenvalue weighted by Gasteiger charge is 2.29. The summed E-state index contributed by atoms with van der Waals surface area (Å²) in [5.41, 5.74) is 1.92. The van der Waals surface area contributed by atoms with Gasteiger partial charge in [-0.3, -0.25) is 4.79 Å². The molecule has 0 unspecified atom stereocenters. The fourth-order valence-corrected chi connectivity index (χ4v) is 2.85. The van der Waals surface area contributed by atoms with E-state index in [0.29, 0.717) is 18.7 Å². The number of ether oxygens (including phenoxy) is 1. The molecular weight excluding hydrogens is 320 g/mol. The van der Waals surface area contributed by atoms with E-state index in [-0.39, 0.29) is 17.0 Å². The van der Waals surface area contributed by atoms with E-state index >= 15 is 0 Å². The number of rotatable bonds is 2. The third kappa shape index (κ3) is 3.20. The lowest BCUT2D eigenvalue weighted by Crippen LogP contribution is -2.38. The zero-order valence-corrected chi connectivity index (χ0v) is 14.4. The first-order valence-electron chi connectivity index (χ1n) is 8.06. The molecule has 1 amide bonds. The molecule has 25 heavy (non-hydrogen) atoms. The number of aromatic carboxylic acids is 1. The third-order valence-corrected chi connectivity index (χ3v) is 4.13. The van der Waals surface area contributed by atoms with Gasteiger partial charge in [-0.15, -0.1) is 0 Å². The number of carboxylic acids is 1. The molecular formula is C19H20N2O4. The molecule has 6 nitrogen and oxygen atoms in total. The van der Waals surface area contributed by atoms with Crippen molar-refractivity contribution in [1.82, 2.24) is 4.98 Å².